The van der Waals surface area contributed by atoms with Crippen LogP contribution in [0.1, 0.15) is 31.4 Å². The van der Waals surface area contributed by atoms with E-state index in [2.05, 4.69) is 13.8 Å². The van der Waals surface area contributed by atoms with E-state index in [0.717, 1.165) is 11.1 Å². The third-order valence-electron chi connectivity index (χ3n) is 6.24. The van der Waals surface area contributed by atoms with Crippen LogP contribution in [0.4, 0.5) is 0 Å². The Hall–Kier alpha value is -1.71. The molecule has 0 aliphatic carbocycles. The van der Waals surface area contributed by atoms with Gasteiger partial charge < -0.3 is 14.4 Å². The van der Waals surface area contributed by atoms with Crippen molar-refractivity contribution in [1.29, 1.82) is 0 Å². The van der Waals surface area contributed by atoms with E-state index in [0.29, 0.717) is 66.6 Å². The van der Waals surface area contributed by atoms with Gasteiger partial charge in [0.05, 0.1) is 22.9 Å². The minimum Gasteiger partial charge on any atom is -0.490 e. The molecule has 7 nitrogen and oxygen atoms in total. The number of rotatable bonds is 10. The molecule has 0 bridgehead atoms. The highest BCUT2D eigenvalue weighted by Crippen LogP contribution is 2.40. The lowest BCUT2D eigenvalue weighted by molar-refractivity contribution is -0.134. The number of sulfonamides is 1. The van der Waals surface area contributed by atoms with Crippen molar-refractivity contribution in [2.24, 2.45) is 0 Å². The fraction of sp³-hybridized carbons (Fsp3) is 0.480. The van der Waals surface area contributed by atoms with E-state index in [9.17, 15) is 13.2 Å². The normalized spacial score (nSPS) is 15.1. The molecule has 1 aliphatic rings. The molecule has 0 radical (unpaired) electrons. The van der Waals surface area contributed by atoms with Gasteiger partial charge in [-0.05, 0) is 41.8 Å². The Balaban J connectivity index is 1.61. The molecule has 0 aromatic heterocycles. The number of alkyl halides is 1. The number of carbonyl (C=O) groups excluding carboxylic acids is 1. The molecule has 0 saturated carbocycles. The van der Waals surface area contributed by atoms with Crippen LogP contribution in [-0.2, 0) is 20.2 Å². The van der Waals surface area contributed by atoms with Crippen molar-refractivity contribution in [3.63, 3.8) is 0 Å². The molecule has 1 saturated heterocycles. The van der Waals surface area contributed by atoms with E-state index in [1.807, 2.05) is 36.4 Å². The fourth-order valence-corrected chi connectivity index (χ4v) is 5.46. The average Bonchev–Trinajstić information content (AvgIpc) is 2.84. The first-order chi connectivity index (χ1) is 16.9. The van der Waals surface area contributed by atoms with E-state index in [1.54, 1.807) is 4.90 Å². The largest absolute Gasteiger partial charge is 0.490 e. The van der Waals surface area contributed by atoms with E-state index >= 15 is 0 Å². The van der Waals surface area contributed by atoms with Crippen molar-refractivity contribution in [2.75, 3.05) is 51.5 Å². The van der Waals surface area contributed by atoms with Crippen LogP contribution < -0.4 is 9.47 Å². The van der Waals surface area contributed by atoms with Gasteiger partial charge >= 0.3 is 0 Å². The van der Waals surface area contributed by atoms with Crippen LogP contribution in [0.25, 0.3) is 0 Å². The molecule has 0 N–H and O–H groups in total. The molecule has 1 fully saturated rings. The average molecular weight is 578 g/mol. The topological polar surface area (TPSA) is 76.2 Å². The first-order valence-corrected chi connectivity index (χ1v) is 14.7. The summed E-state index contributed by atoms with van der Waals surface area (Å²) < 4.78 is 36.0. The van der Waals surface area contributed by atoms with Crippen molar-refractivity contribution in [1.82, 2.24) is 9.21 Å². The highest BCUT2D eigenvalue weighted by atomic mass is 35.5. The number of nitrogens with zero attached hydrogens (tertiary/aromatic N) is 2. The van der Waals surface area contributed by atoms with Crippen LogP contribution in [-0.4, -0.2) is 75.1 Å². The Bertz CT molecular complexity index is 1140. The van der Waals surface area contributed by atoms with Gasteiger partial charge in [-0.15, -0.1) is 11.6 Å². The minimum absolute atomic E-state index is 0.113. The van der Waals surface area contributed by atoms with Crippen LogP contribution >= 0.6 is 34.8 Å². The monoisotopic (exact) mass is 576 g/mol. The van der Waals surface area contributed by atoms with Gasteiger partial charge in [-0.25, -0.2) is 8.42 Å². The number of halogens is 3. The second-order valence-corrected chi connectivity index (χ2v) is 12.3. The Morgan fingerprint density at radius 3 is 2.08 bits per heavy atom. The first kappa shape index (κ1) is 28.9. The SMILES string of the molecule is CC(C)(c1ccc(OCC(=O)N2CCN(S(C)(=O)=O)CC2)cc1)c1cc(Cl)c(OCCCCl)c(Cl)c1. The second kappa shape index (κ2) is 12.2. The van der Waals surface area contributed by atoms with Crippen LogP contribution in [0.5, 0.6) is 11.5 Å². The number of carbonyl (C=O) groups is 1. The molecule has 0 unspecified atom stereocenters. The van der Waals surface area contributed by atoms with Gasteiger partial charge in [-0.1, -0.05) is 49.2 Å². The molecular weight excluding hydrogens is 547 g/mol. The summed E-state index contributed by atoms with van der Waals surface area (Å²) in [6, 6.07) is 11.2. The van der Waals surface area contributed by atoms with E-state index < -0.39 is 15.4 Å². The smallest absolute Gasteiger partial charge is 0.260 e. The number of piperazine rings is 1. The third kappa shape index (κ3) is 7.19. The van der Waals surface area contributed by atoms with Gasteiger partial charge in [-0.3, -0.25) is 4.79 Å². The summed E-state index contributed by atoms with van der Waals surface area (Å²) in [5.74, 6) is 1.34. The lowest BCUT2D eigenvalue weighted by Gasteiger charge is -2.33. The van der Waals surface area contributed by atoms with Crippen LogP contribution in [0.15, 0.2) is 36.4 Å². The molecule has 198 valence electrons. The quantitative estimate of drug-likeness (QED) is 0.299. The maximum absolute atomic E-state index is 12.5. The molecule has 2 aromatic rings. The first-order valence-electron chi connectivity index (χ1n) is 11.6. The number of amides is 1. The Morgan fingerprint density at radius 2 is 1.56 bits per heavy atom. The summed E-state index contributed by atoms with van der Waals surface area (Å²) in [4.78, 5) is 14.1. The van der Waals surface area contributed by atoms with Crippen molar-refractivity contribution in [3.8, 4) is 11.5 Å². The molecule has 3 rings (SSSR count). The molecular formula is C25H31Cl3N2O5S. The minimum atomic E-state index is -3.24. The van der Waals surface area contributed by atoms with Crippen LogP contribution in [0.3, 0.4) is 0 Å². The zero-order valence-corrected chi connectivity index (χ0v) is 23.7. The predicted molar refractivity (Wildman–Crippen MR) is 144 cm³/mol. The maximum Gasteiger partial charge on any atom is 0.260 e. The fourth-order valence-electron chi connectivity index (χ4n) is 3.93. The van der Waals surface area contributed by atoms with Crippen LogP contribution in [0.2, 0.25) is 10.0 Å². The standard InChI is InChI=1S/C25H31Cl3N2O5S/c1-25(2,19-15-21(27)24(22(28)16-19)34-14-4-9-26)18-5-7-20(8-6-18)35-17-23(31)29-10-12-30(13-11-29)36(3,32)33/h5-8,15-16H,4,9-14,17H2,1-3H3. The number of hydrogen-bond acceptors (Lipinski definition) is 5. The van der Waals surface area contributed by atoms with Crippen molar-refractivity contribution in [3.05, 3.63) is 57.6 Å². The molecule has 11 heteroatoms. The zero-order valence-electron chi connectivity index (χ0n) is 20.6. The highest BCUT2D eigenvalue weighted by Gasteiger charge is 2.27. The van der Waals surface area contributed by atoms with Gasteiger partial charge in [0.15, 0.2) is 12.4 Å². The van der Waals surface area contributed by atoms with Gasteiger partial charge in [0, 0.05) is 37.5 Å². The van der Waals surface area contributed by atoms with Crippen molar-refractivity contribution in [2.45, 2.75) is 25.7 Å². The van der Waals surface area contributed by atoms with Crippen molar-refractivity contribution >= 4 is 50.7 Å². The molecule has 36 heavy (non-hydrogen) atoms. The summed E-state index contributed by atoms with van der Waals surface area (Å²) in [6.07, 6.45) is 1.87. The molecule has 1 heterocycles. The van der Waals surface area contributed by atoms with Gasteiger partial charge in [0.2, 0.25) is 10.0 Å². The number of hydrogen-bond donors (Lipinski definition) is 0. The van der Waals surface area contributed by atoms with E-state index in [-0.39, 0.29) is 12.5 Å². The summed E-state index contributed by atoms with van der Waals surface area (Å²) in [5.41, 5.74) is 1.54. The Labute approximate surface area is 228 Å². The van der Waals surface area contributed by atoms with Gasteiger partial charge in [-0.2, -0.15) is 4.31 Å². The summed E-state index contributed by atoms with van der Waals surface area (Å²) >= 11 is 18.6. The second-order valence-electron chi connectivity index (χ2n) is 9.14. The lowest BCUT2D eigenvalue weighted by Crippen LogP contribution is -2.51. The van der Waals surface area contributed by atoms with Crippen LogP contribution in [0, 0.1) is 0 Å². The number of ether oxygens (including phenoxy) is 2. The Morgan fingerprint density at radius 1 is 0.972 bits per heavy atom. The molecule has 1 aliphatic heterocycles. The summed E-state index contributed by atoms with van der Waals surface area (Å²) in [6.45, 7) is 5.75. The third-order valence-corrected chi connectivity index (χ3v) is 8.37. The lowest BCUT2D eigenvalue weighted by atomic mass is 9.78. The Kier molecular flexibility index (Phi) is 9.80. The van der Waals surface area contributed by atoms with E-state index in [1.165, 1.54) is 10.6 Å². The molecule has 1 amide bonds. The summed E-state index contributed by atoms with van der Waals surface area (Å²) in [5, 5.41) is 0.881. The van der Waals surface area contributed by atoms with Gasteiger partial charge in [0.25, 0.3) is 5.91 Å². The van der Waals surface area contributed by atoms with E-state index in [4.69, 9.17) is 44.3 Å². The summed E-state index contributed by atoms with van der Waals surface area (Å²) in [7, 11) is -3.24. The predicted octanol–water partition coefficient (Wildman–Crippen LogP) is 4.81. The zero-order chi connectivity index (χ0) is 26.5. The number of benzene rings is 2. The molecule has 2 aromatic carbocycles. The maximum atomic E-state index is 12.5. The highest BCUT2D eigenvalue weighted by molar-refractivity contribution is 7.88. The molecule has 0 atom stereocenters. The van der Waals surface area contributed by atoms with Gasteiger partial charge in [0.1, 0.15) is 5.75 Å². The van der Waals surface area contributed by atoms with Crippen molar-refractivity contribution < 1.29 is 22.7 Å². The molecule has 0 spiro atoms.